The average molecular weight is 259 g/mol. The van der Waals surface area contributed by atoms with Gasteiger partial charge in [-0.25, -0.2) is 8.78 Å². The van der Waals surface area contributed by atoms with Crippen molar-refractivity contribution in [1.82, 2.24) is 4.72 Å². The molecule has 1 rings (SSSR count). The van der Waals surface area contributed by atoms with Gasteiger partial charge < -0.3 is 0 Å². The van der Waals surface area contributed by atoms with Crippen molar-refractivity contribution in [3.63, 3.8) is 0 Å². The average Bonchev–Trinajstić information content (AvgIpc) is 2.25. The van der Waals surface area contributed by atoms with Gasteiger partial charge in [0.25, 0.3) is 6.43 Å². The van der Waals surface area contributed by atoms with E-state index < -0.39 is 6.43 Å². The minimum Gasteiger partial charge on any atom is -0.256 e. The van der Waals surface area contributed by atoms with Gasteiger partial charge in [0, 0.05) is 16.4 Å². The van der Waals surface area contributed by atoms with Gasteiger partial charge in [-0.05, 0) is 39.3 Å². The van der Waals surface area contributed by atoms with Gasteiger partial charge in [0.15, 0.2) is 0 Å². The molecule has 0 aromatic heterocycles. The fourth-order valence-corrected chi connectivity index (χ4v) is 1.96. The lowest BCUT2D eigenvalue weighted by Crippen LogP contribution is -2.19. The first kappa shape index (κ1) is 14.5. The monoisotopic (exact) mass is 259 g/mol. The molecule has 1 atom stereocenters. The van der Waals surface area contributed by atoms with E-state index in [0.29, 0.717) is 0 Å². The molecule has 1 nitrogen and oxygen atoms in total. The number of hydrogen-bond donors (Lipinski definition) is 1. The van der Waals surface area contributed by atoms with Gasteiger partial charge in [-0.1, -0.05) is 30.1 Å². The summed E-state index contributed by atoms with van der Waals surface area (Å²) in [6.45, 7) is 8.29. The maximum atomic E-state index is 12.6. The van der Waals surface area contributed by atoms with Crippen molar-refractivity contribution >= 4 is 11.9 Å². The largest absolute Gasteiger partial charge is 0.263 e. The molecule has 0 spiro atoms. The quantitative estimate of drug-likeness (QED) is 0.785. The van der Waals surface area contributed by atoms with Gasteiger partial charge in [0.2, 0.25) is 0 Å². The zero-order valence-electron chi connectivity index (χ0n) is 10.6. The Hall–Kier alpha value is -0.610. The Morgan fingerprint density at radius 3 is 2.29 bits per heavy atom. The molecular formula is C13H19F2NS. The summed E-state index contributed by atoms with van der Waals surface area (Å²) in [4.78, 5) is 0. The number of nitrogens with one attached hydrogen (secondary N) is 1. The Bertz CT molecular complexity index is 361. The van der Waals surface area contributed by atoms with E-state index in [0.717, 1.165) is 5.56 Å². The molecule has 0 heterocycles. The van der Waals surface area contributed by atoms with Crippen molar-refractivity contribution < 1.29 is 8.78 Å². The van der Waals surface area contributed by atoms with E-state index in [9.17, 15) is 8.78 Å². The van der Waals surface area contributed by atoms with Crippen LogP contribution in [0.15, 0.2) is 24.3 Å². The minimum absolute atomic E-state index is 0.0536. The van der Waals surface area contributed by atoms with Crippen LogP contribution in [-0.2, 0) is 0 Å². The lowest BCUT2D eigenvalue weighted by atomic mass is 10.1. The molecule has 1 aromatic rings. The third kappa shape index (κ3) is 5.04. The van der Waals surface area contributed by atoms with Crippen LogP contribution in [0.5, 0.6) is 0 Å². The van der Waals surface area contributed by atoms with Crippen molar-refractivity contribution in [3.8, 4) is 0 Å². The predicted octanol–water partition coefficient (Wildman–Crippen LogP) is 4.72. The van der Waals surface area contributed by atoms with Crippen LogP contribution in [0.2, 0.25) is 0 Å². The van der Waals surface area contributed by atoms with Crippen LogP contribution in [0.4, 0.5) is 8.78 Å². The fraction of sp³-hybridized carbons (Fsp3) is 0.538. The number of halogens is 2. The normalized spacial score (nSPS) is 14.1. The Balaban J connectivity index is 2.69. The van der Waals surface area contributed by atoms with Gasteiger partial charge in [-0.3, -0.25) is 4.72 Å². The maximum Gasteiger partial charge on any atom is 0.263 e. The van der Waals surface area contributed by atoms with Gasteiger partial charge in [-0.15, -0.1) is 0 Å². The Morgan fingerprint density at radius 1 is 1.18 bits per heavy atom. The van der Waals surface area contributed by atoms with Crippen LogP contribution in [0.25, 0.3) is 0 Å². The topological polar surface area (TPSA) is 12.0 Å². The van der Waals surface area contributed by atoms with Crippen molar-refractivity contribution in [2.24, 2.45) is 0 Å². The zero-order chi connectivity index (χ0) is 13.1. The Kier molecular flexibility index (Phi) is 4.95. The maximum absolute atomic E-state index is 12.6. The molecule has 17 heavy (non-hydrogen) atoms. The fourth-order valence-electron chi connectivity index (χ4n) is 1.30. The van der Waals surface area contributed by atoms with E-state index in [1.807, 2.05) is 13.0 Å². The van der Waals surface area contributed by atoms with E-state index in [1.165, 1.54) is 6.07 Å². The second kappa shape index (κ2) is 5.83. The predicted molar refractivity (Wildman–Crippen MR) is 70.3 cm³/mol. The third-order valence-corrected chi connectivity index (χ3v) is 3.29. The van der Waals surface area contributed by atoms with E-state index in [-0.39, 0.29) is 16.4 Å². The number of alkyl halides is 2. The van der Waals surface area contributed by atoms with Crippen molar-refractivity contribution in [1.29, 1.82) is 0 Å². The van der Waals surface area contributed by atoms with Gasteiger partial charge in [0.05, 0.1) is 0 Å². The van der Waals surface area contributed by atoms with Crippen LogP contribution < -0.4 is 4.72 Å². The van der Waals surface area contributed by atoms with E-state index >= 15 is 0 Å². The number of benzene rings is 1. The molecule has 0 fully saturated rings. The molecule has 0 aliphatic rings. The van der Waals surface area contributed by atoms with E-state index in [4.69, 9.17) is 0 Å². The second-order valence-electron chi connectivity index (χ2n) is 5.02. The summed E-state index contributed by atoms with van der Waals surface area (Å²) in [7, 11) is 0. The molecule has 0 saturated carbocycles. The summed E-state index contributed by atoms with van der Waals surface area (Å²) in [5, 5.41) is 0. The molecule has 4 heteroatoms. The minimum atomic E-state index is -2.41. The first-order valence-electron chi connectivity index (χ1n) is 5.61. The molecule has 1 N–H and O–H groups in total. The molecule has 0 aliphatic heterocycles. The Labute approximate surface area is 106 Å². The van der Waals surface area contributed by atoms with E-state index in [2.05, 4.69) is 25.5 Å². The van der Waals surface area contributed by atoms with Crippen LogP contribution in [-0.4, -0.2) is 4.75 Å². The first-order valence-corrected chi connectivity index (χ1v) is 6.43. The summed E-state index contributed by atoms with van der Waals surface area (Å²) in [6.07, 6.45) is -2.41. The summed E-state index contributed by atoms with van der Waals surface area (Å²) < 4.78 is 28.5. The van der Waals surface area contributed by atoms with Crippen molar-refractivity contribution in [2.45, 2.75) is 44.9 Å². The molecule has 0 bridgehead atoms. The Morgan fingerprint density at radius 2 is 1.76 bits per heavy atom. The second-order valence-corrected chi connectivity index (χ2v) is 6.69. The molecule has 0 saturated heterocycles. The third-order valence-electron chi connectivity index (χ3n) is 2.20. The van der Waals surface area contributed by atoms with Crippen LogP contribution in [0.1, 0.15) is 51.3 Å². The molecule has 0 aliphatic carbocycles. The highest BCUT2D eigenvalue weighted by Gasteiger charge is 2.15. The summed E-state index contributed by atoms with van der Waals surface area (Å²) in [5.41, 5.74) is 0.969. The van der Waals surface area contributed by atoms with Crippen LogP contribution in [0.3, 0.4) is 0 Å². The van der Waals surface area contributed by atoms with Gasteiger partial charge >= 0.3 is 0 Å². The van der Waals surface area contributed by atoms with Gasteiger partial charge in [-0.2, -0.15) is 0 Å². The molecule has 0 radical (unpaired) electrons. The highest BCUT2D eigenvalue weighted by molar-refractivity contribution is 7.98. The van der Waals surface area contributed by atoms with Gasteiger partial charge in [0.1, 0.15) is 0 Å². The smallest absolute Gasteiger partial charge is 0.256 e. The highest BCUT2D eigenvalue weighted by Crippen LogP contribution is 2.26. The summed E-state index contributed by atoms with van der Waals surface area (Å²) >= 11 is 1.61. The molecule has 0 amide bonds. The van der Waals surface area contributed by atoms with E-state index in [1.54, 1.807) is 24.1 Å². The molecule has 1 aromatic carbocycles. The zero-order valence-corrected chi connectivity index (χ0v) is 11.4. The highest BCUT2D eigenvalue weighted by atomic mass is 32.2. The van der Waals surface area contributed by atoms with Crippen LogP contribution in [0, 0.1) is 0 Å². The molecular weight excluding hydrogens is 240 g/mol. The molecule has 96 valence electrons. The summed E-state index contributed by atoms with van der Waals surface area (Å²) in [5.74, 6) is 0. The first-order chi connectivity index (χ1) is 7.79. The lowest BCUT2D eigenvalue weighted by Gasteiger charge is -2.22. The SMILES string of the molecule is CC(NSC(C)(C)C)c1cccc(C(F)F)c1. The standard InChI is InChI=1S/C13H19F2NS/c1-9(16-17-13(2,3)4)10-6-5-7-11(8-10)12(14)15/h5-9,12,16H,1-4H3. The lowest BCUT2D eigenvalue weighted by molar-refractivity contribution is 0.151. The summed E-state index contributed by atoms with van der Waals surface area (Å²) in [6, 6.07) is 6.62. The van der Waals surface area contributed by atoms with Crippen molar-refractivity contribution in [3.05, 3.63) is 35.4 Å². The molecule has 1 unspecified atom stereocenters. The van der Waals surface area contributed by atoms with Crippen LogP contribution >= 0.6 is 11.9 Å². The van der Waals surface area contributed by atoms with Crippen molar-refractivity contribution in [2.75, 3.05) is 0 Å². The number of rotatable bonds is 4. The number of hydrogen-bond acceptors (Lipinski definition) is 2.